The third kappa shape index (κ3) is 3.85. The Kier molecular flexibility index (Phi) is 6.44. The van der Waals surface area contributed by atoms with Crippen LogP contribution in [0.25, 0.3) is 0 Å². The monoisotopic (exact) mass is 269 g/mol. The van der Waals surface area contributed by atoms with Crippen molar-refractivity contribution < 1.29 is 0 Å². The molecule has 1 aromatic heterocycles. The summed E-state index contributed by atoms with van der Waals surface area (Å²) >= 11 is 6.38. The van der Waals surface area contributed by atoms with Crippen molar-refractivity contribution in [1.29, 1.82) is 0 Å². The summed E-state index contributed by atoms with van der Waals surface area (Å²) in [7, 11) is 0. The molecule has 0 radical (unpaired) electrons. The highest BCUT2D eigenvalue weighted by atomic mass is 35.5. The average Bonchev–Trinajstić information content (AvgIpc) is 2.35. The molecular weight excluding hydrogens is 246 g/mol. The zero-order valence-electron chi connectivity index (χ0n) is 11.6. The van der Waals surface area contributed by atoms with E-state index in [4.69, 9.17) is 17.3 Å². The summed E-state index contributed by atoms with van der Waals surface area (Å²) in [5.41, 5.74) is 6.65. The van der Waals surface area contributed by atoms with Crippen LogP contribution in [-0.4, -0.2) is 17.6 Å². The molecule has 0 unspecified atom stereocenters. The number of hydrogen-bond acceptors (Lipinski definition) is 3. The van der Waals surface area contributed by atoms with E-state index in [0.717, 1.165) is 17.9 Å². The van der Waals surface area contributed by atoms with E-state index < -0.39 is 0 Å². The molecule has 1 rings (SSSR count). The maximum absolute atomic E-state index is 6.38. The SMILES string of the molecule is CCCCCN(c1nccc(CN)c1Cl)C(C)C. The van der Waals surface area contributed by atoms with E-state index in [1.165, 1.54) is 19.3 Å². The number of rotatable bonds is 7. The number of hydrogen-bond donors (Lipinski definition) is 1. The third-order valence-corrected chi connectivity index (χ3v) is 3.48. The molecule has 0 aliphatic heterocycles. The second kappa shape index (κ2) is 7.59. The maximum Gasteiger partial charge on any atom is 0.147 e. The minimum absolute atomic E-state index is 0.389. The van der Waals surface area contributed by atoms with Crippen molar-refractivity contribution in [1.82, 2.24) is 4.98 Å². The van der Waals surface area contributed by atoms with Crippen LogP contribution in [0.1, 0.15) is 45.6 Å². The molecule has 2 N–H and O–H groups in total. The highest BCUT2D eigenvalue weighted by molar-refractivity contribution is 6.33. The van der Waals surface area contributed by atoms with Crippen LogP contribution in [0.5, 0.6) is 0 Å². The molecule has 0 saturated carbocycles. The lowest BCUT2D eigenvalue weighted by molar-refractivity contribution is 0.619. The zero-order valence-corrected chi connectivity index (χ0v) is 12.4. The van der Waals surface area contributed by atoms with Crippen LogP contribution < -0.4 is 10.6 Å². The molecule has 0 fully saturated rings. The van der Waals surface area contributed by atoms with Gasteiger partial charge in [0, 0.05) is 25.3 Å². The van der Waals surface area contributed by atoms with Crippen LogP contribution in [0.2, 0.25) is 5.02 Å². The molecule has 0 aromatic carbocycles. The fourth-order valence-electron chi connectivity index (χ4n) is 1.97. The Morgan fingerprint density at radius 3 is 2.67 bits per heavy atom. The Balaban J connectivity index is 2.91. The minimum atomic E-state index is 0.389. The summed E-state index contributed by atoms with van der Waals surface area (Å²) in [5, 5.41) is 0.699. The van der Waals surface area contributed by atoms with Crippen LogP contribution in [0, 0.1) is 0 Å². The van der Waals surface area contributed by atoms with Gasteiger partial charge in [-0.05, 0) is 31.9 Å². The predicted octanol–water partition coefficient (Wildman–Crippen LogP) is 3.60. The lowest BCUT2D eigenvalue weighted by Crippen LogP contribution is -2.33. The van der Waals surface area contributed by atoms with Crippen LogP contribution in [0.3, 0.4) is 0 Å². The molecule has 0 aliphatic rings. The maximum atomic E-state index is 6.38. The highest BCUT2D eigenvalue weighted by Gasteiger charge is 2.16. The lowest BCUT2D eigenvalue weighted by Gasteiger charge is -2.29. The molecule has 1 aromatic rings. The number of halogens is 1. The van der Waals surface area contributed by atoms with Gasteiger partial charge in [0.2, 0.25) is 0 Å². The van der Waals surface area contributed by atoms with E-state index in [9.17, 15) is 0 Å². The van der Waals surface area contributed by atoms with Gasteiger partial charge in [-0.15, -0.1) is 0 Å². The second-order valence-corrected chi connectivity index (χ2v) is 5.18. The fraction of sp³-hybridized carbons (Fsp3) is 0.643. The molecule has 0 amide bonds. The Labute approximate surface area is 115 Å². The Bertz CT molecular complexity index is 366. The molecule has 102 valence electrons. The summed E-state index contributed by atoms with van der Waals surface area (Å²) in [6.07, 6.45) is 5.41. The van der Waals surface area contributed by atoms with Crippen molar-refractivity contribution in [2.24, 2.45) is 5.73 Å². The predicted molar refractivity (Wildman–Crippen MR) is 79.1 cm³/mol. The quantitative estimate of drug-likeness (QED) is 0.769. The minimum Gasteiger partial charge on any atom is -0.353 e. The standard InChI is InChI=1S/C14H24ClN3/c1-4-5-6-9-18(11(2)3)14-13(15)12(10-16)7-8-17-14/h7-8,11H,4-6,9-10,16H2,1-3H3. The summed E-state index contributed by atoms with van der Waals surface area (Å²) in [6, 6.07) is 2.27. The first-order valence-electron chi connectivity index (χ1n) is 6.71. The van der Waals surface area contributed by atoms with E-state index in [-0.39, 0.29) is 0 Å². The Morgan fingerprint density at radius 2 is 2.11 bits per heavy atom. The summed E-state index contributed by atoms with van der Waals surface area (Å²) in [6.45, 7) is 7.99. The first-order valence-corrected chi connectivity index (χ1v) is 7.09. The van der Waals surface area contributed by atoms with Gasteiger partial charge in [0.15, 0.2) is 0 Å². The smallest absolute Gasteiger partial charge is 0.147 e. The molecule has 1 heterocycles. The number of unbranched alkanes of at least 4 members (excludes halogenated alkanes) is 2. The molecule has 4 heteroatoms. The van der Waals surface area contributed by atoms with Crippen molar-refractivity contribution in [3.63, 3.8) is 0 Å². The van der Waals surface area contributed by atoms with Crippen molar-refractivity contribution in [2.75, 3.05) is 11.4 Å². The largest absolute Gasteiger partial charge is 0.353 e. The molecule has 0 spiro atoms. The summed E-state index contributed by atoms with van der Waals surface area (Å²) in [4.78, 5) is 6.69. The van der Waals surface area contributed by atoms with Crippen molar-refractivity contribution in [3.8, 4) is 0 Å². The number of pyridine rings is 1. The van der Waals surface area contributed by atoms with E-state index in [0.29, 0.717) is 17.6 Å². The van der Waals surface area contributed by atoms with Crippen LogP contribution >= 0.6 is 11.6 Å². The topological polar surface area (TPSA) is 42.2 Å². The van der Waals surface area contributed by atoms with E-state index in [1.807, 2.05) is 6.07 Å². The molecule has 18 heavy (non-hydrogen) atoms. The normalized spacial score (nSPS) is 11.0. The second-order valence-electron chi connectivity index (χ2n) is 4.81. The number of anilines is 1. The third-order valence-electron chi connectivity index (χ3n) is 3.07. The van der Waals surface area contributed by atoms with Gasteiger partial charge in [0.1, 0.15) is 5.82 Å². The number of nitrogens with zero attached hydrogens (tertiary/aromatic N) is 2. The fourth-order valence-corrected chi connectivity index (χ4v) is 2.27. The van der Waals surface area contributed by atoms with Gasteiger partial charge in [-0.25, -0.2) is 4.98 Å². The van der Waals surface area contributed by atoms with Crippen LogP contribution in [0.15, 0.2) is 12.3 Å². The molecule has 0 aliphatic carbocycles. The molecular formula is C14H24ClN3. The molecule has 0 bridgehead atoms. The van der Waals surface area contributed by atoms with Gasteiger partial charge in [0.25, 0.3) is 0 Å². The van der Waals surface area contributed by atoms with Gasteiger partial charge in [-0.1, -0.05) is 31.4 Å². The van der Waals surface area contributed by atoms with E-state index in [1.54, 1.807) is 6.20 Å². The van der Waals surface area contributed by atoms with Gasteiger partial charge < -0.3 is 10.6 Å². The number of nitrogens with two attached hydrogens (primary N) is 1. The first kappa shape index (κ1) is 15.3. The van der Waals surface area contributed by atoms with E-state index >= 15 is 0 Å². The van der Waals surface area contributed by atoms with Gasteiger partial charge >= 0.3 is 0 Å². The van der Waals surface area contributed by atoms with Crippen LogP contribution in [-0.2, 0) is 6.54 Å². The van der Waals surface area contributed by atoms with Crippen molar-refractivity contribution >= 4 is 17.4 Å². The van der Waals surface area contributed by atoms with Gasteiger partial charge in [-0.2, -0.15) is 0 Å². The van der Waals surface area contributed by atoms with Crippen molar-refractivity contribution in [2.45, 2.75) is 52.6 Å². The Hall–Kier alpha value is -0.800. The van der Waals surface area contributed by atoms with Crippen LogP contribution in [0.4, 0.5) is 5.82 Å². The molecule has 0 atom stereocenters. The average molecular weight is 270 g/mol. The van der Waals surface area contributed by atoms with Crippen molar-refractivity contribution in [3.05, 3.63) is 22.8 Å². The molecule has 0 saturated heterocycles. The zero-order chi connectivity index (χ0) is 13.5. The van der Waals surface area contributed by atoms with Gasteiger partial charge in [0.05, 0.1) is 5.02 Å². The molecule has 3 nitrogen and oxygen atoms in total. The highest BCUT2D eigenvalue weighted by Crippen LogP contribution is 2.28. The first-order chi connectivity index (χ1) is 8.61. The lowest BCUT2D eigenvalue weighted by atomic mass is 10.2. The number of aromatic nitrogens is 1. The summed E-state index contributed by atoms with van der Waals surface area (Å²) in [5.74, 6) is 0.866. The van der Waals surface area contributed by atoms with E-state index in [2.05, 4.69) is 30.7 Å². The summed E-state index contributed by atoms with van der Waals surface area (Å²) < 4.78 is 0. The van der Waals surface area contributed by atoms with Gasteiger partial charge in [-0.3, -0.25) is 0 Å². The Morgan fingerprint density at radius 1 is 1.39 bits per heavy atom.